The van der Waals surface area contributed by atoms with E-state index >= 15 is 0 Å². The van der Waals surface area contributed by atoms with E-state index in [9.17, 15) is 8.78 Å². The molecule has 1 aromatic carbocycles. The van der Waals surface area contributed by atoms with Gasteiger partial charge in [0.2, 0.25) is 0 Å². The highest BCUT2D eigenvalue weighted by molar-refractivity contribution is 7.80. The molecule has 0 spiro atoms. The topological polar surface area (TPSA) is 41.3 Å². The van der Waals surface area contributed by atoms with Crippen molar-refractivity contribution in [1.82, 2.24) is 4.90 Å². The Morgan fingerprint density at radius 2 is 2.10 bits per heavy atom. The van der Waals surface area contributed by atoms with Gasteiger partial charge in [-0.3, -0.25) is 4.90 Å². The average molecular weight is 299 g/mol. The van der Waals surface area contributed by atoms with Crippen molar-refractivity contribution < 1.29 is 8.78 Å². The van der Waals surface area contributed by atoms with Crippen molar-refractivity contribution >= 4 is 22.9 Å². The smallest absolute Gasteiger partial charge is 0.182 e. The maximum Gasteiger partial charge on any atom is 0.182 e. The molecule has 1 saturated carbocycles. The van der Waals surface area contributed by atoms with Crippen LogP contribution >= 0.6 is 12.2 Å². The van der Waals surface area contributed by atoms with Gasteiger partial charge < -0.3 is 11.1 Å². The van der Waals surface area contributed by atoms with Crippen molar-refractivity contribution in [3.63, 3.8) is 0 Å². The average Bonchev–Trinajstić information content (AvgIpc) is 3.23. The van der Waals surface area contributed by atoms with Gasteiger partial charge in [0.25, 0.3) is 0 Å². The molecule has 3 N–H and O–H groups in total. The fourth-order valence-corrected chi connectivity index (χ4v) is 2.41. The number of hydrogen-bond acceptors (Lipinski definition) is 3. The molecule has 0 atom stereocenters. The first kappa shape index (κ1) is 15.1. The Balaban J connectivity index is 1.96. The van der Waals surface area contributed by atoms with Crippen LogP contribution in [0.2, 0.25) is 0 Å². The highest BCUT2D eigenvalue weighted by Gasteiger charge is 2.27. The van der Waals surface area contributed by atoms with Crippen LogP contribution in [0.15, 0.2) is 12.1 Å². The second kappa shape index (κ2) is 6.45. The fourth-order valence-electron chi connectivity index (χ4n) is 2.25. The summed E-state index contributed by atoms with van der Waals surface area (Å²) < 4.78 is 27.5. The quantitative estimate of drug-likeness (QED) is 0.759. The van der Waals surface area contributed by atoms with Crippen molar-refractivity contribution in [3.05, 3.63) is 29.3 Å². The molecule has 0 saturated heterocycles. The summed E-state index contributed by atoms with van der Waals surface area (Å²) in [5.74, 6) is -1.91. The molecular weight excluding hydrogens is 280 g/mol. The van der Waals surface area contributed by atoms with Gasteiger partial charge in [-0.2, -0.15) is 0 Å². The van der Waals surface area contributed by atoms with Gasteiger partial charge in [0, 0.05) is 24.7 Å². The first-order valence-electron chi connectivity index (χ1n) is 6.80. The minimum Gasteiger partial charge on any atom is -0.389 e. The predicted molar refractivity (Wildman–Crippen MR) is 81.0 cm³/mol. The number of hydrogen-bond donors (Lipinski definition) is 2. The monoisotopic (exact) mass is 299 g/mol. The van der Waals surface area contributed by atoms with Crippen molar-refractivity contribution in [2.75, 3.05) is 25.0 Å². The molecule has 0 aromatic heterocycles. The van der Waals surface area contributed by atoms with Crippen LogP contribution in [0.25, 0.3) is 0 Å². The minimum atomic E-state index is -0.989. The zero-order chi connectivity index (χ0) is 14.7. The van der Waals surface area contributed by atoms with Gasteiger partial charge >= 0.3 is 0 Å². The van der Waals surface area contributed by atoms with Crippen molar-refractivity contribution in [3.8, 4) is 0 Å². The zero-order valence-corrected chi connectivity index (χ0v) is 12.3. The summed E-state index contributed by atoms with van der Waals surface area (Å²) in [5, 5.41) is 2.93. The maximum atomic E-state index is 13.8. The second-order valence-electron chi connectivity index (χ2n) is 4.94. The number of nitrogens with two attached hydrogens (primary N) is 1. The van der Waals surface area contributed by atoms with E-state index < -0.39 is 11.6 Å². The molecule has 0 heterocycles. The molecule has 1 fully saturated rings. The van der Waals surface area contributed by atoms with Crippen LogP contribution in [-0.2, 0) is 0 Å². The highest BCUT2D eigenvalue weighted by atomic mass is 32.1. The molecular formula is C14H19F2N3S. The molecule has 2 rings (SSSR count). The maximum absolute atomic E-state index is 13.8. The number of nitrogens with one attached hydrogen (secondary N) is 1. The zero-order valence-electron chi connectivity index (χ0n) is 11.5. The number of thiocarbonyl (C=S) groups is 1. The number of anilines is 1. The van der Waals surface area contributed by atoms with Crippen LogP contribution in [0, 0.1) is 11.6 Å². The van der Waals surface area contributed by atoms with Gasteiger partial charge in [0.05, 0.1) is 5.69 Å². The summed E-state index contributed by atoms with van der Waals surface area (Å²) in [6.07, 6.45) is 2.47. The van der Waals surface area contributed by atoms with E-state index in [1.54, 1.807) is 0 Å². The Kier molecular flexibility index (Phi) is 4.88. The third-order valence-corrected chi connectivity index (χ3v) is 3.75. The lowest BCUT2D eigenvalue weighted by molar-refractivity contribution is 0.289. The molecule has 1 aliphatic carbocycles. The summed E-state index contributed by atoms with van der Waals surface area (Å²) >= 11 is 4.67. The first-order chi connectivity index (χ1) is 9.54. The number of halogens is 2. The highest BCUT2D eigenvalue weighted by Crippen LogP contribution is 2.26. The summed E-state index contributed by atoms with van der Waals surface area (Å²) in [6, 6.07) is 3.54. The Labute approximate surface area is 123 Å². The standard InChI is InChI=1S/C14H19F2N3S/c1-2-19(9-3-4-9)8-7-18-11-6-5-10(14(17)20)12(15)13(11)16/h5-6,9,18H,2-4,7-8H2,1H3,(H2,17,20). The largest absolute Gasteiger partial charge is 0.389 e. The Morgan fingerprint density at radius 3 is 2.65 bits per heavy atom. The molecule has 0 unspecified atom stereocenters. The number of benzene rings is 1. The summed E-state index contributed by atoms with van der Waals surface area (Å²) in [7, 11) is 0. The number of likely N-dealkylation sites (N-methyl/N-ethyl adjacent to an activating group) is 1. The molecule has 0 aliphatic heterocycles. The van der Waals surface area contributed by atoms with Crippen molar-refractivity contribution in [1.29, 1.82) is 0 Å². The van der Waals surface area contributed by atoms with Gasteiger partial charge in [-0.15, -0.1) is 0 Å². The van der Waals surface area contributed by atoms with E-state index in [0.717, 1.165) is 13.1 Å². The molecule has 0 bridgehead atoms. The Morgan fingerprint density at radius 1 is 1.40 bits per heavy atom. The van der Waals surface area contributed by atoms with Gasteiger partial charge in [-0.05, 0) is 31.5 Å². The second-order valence-corrected chi connectivity index (χ2v) is 5.38. The first-order valence-corrected chi connectivity index (χ1v) is 7.21. The summed E-state index contributed by atoms with van der Waals surface area (Å²) in [4.78, 5) is 2.20. The number of nitrogens with zero attached hydrogens (tertiary/aromatic N) is 1. The van der Waals surface area contributed by atoms with E-state index in [1.807, 2.05) is 0 Å². The van der Waals surface area contributed by atoms with Gasteiger partial charge in [0.1, 0.15) is 4.99 Å². The normalized spacial score (nSPS) is 14.6. The summed E-state index contributed by atoms with van der Waals surface area (Å²) in [5.41, 5.74) is 5.42. The number of rotatable bonds is 7. The Hall–Kier alpha value is -1.27. The van der Waals surface area contributed by atoms with Crippen molar-refractivity contribution in [2.24, 2.45) is 5.73 Å². The third kappa shape index (κ3) is 3.43. The SMILES string of the molecule is CCN(CCNc1ccc(C(N)=S)c(F)c1F)C1CC1. The van der Waals surface area contributed by atoms with E-state index in [1.165, 1.54) is 25.0 Å². The van der Waals surface area contributed by atoms with Crippen LogP contribution < -0.4 is 11.1 Å². The lowest BCUT2D eigenvalue weighted by Gasteiger charge is -2.20. The van der Waals surface area contributed by atoms with Crippen LogP contribution in [-0.4, -0.2) is 35.6 Å². The van der Waals surface area contributed by atoms with Gasteiger partial charge in [-0.1, -0.05) is 19.1 Å². The van der Waals surface area contributed by atoms with E-state index in [0.29, 0.717) is 12.6 Å². The van der Waals surface area contributed by atoms with Crippen LogP contribution in [0.4, 0.5) is 14.5 Å². The lowest BCUT2D eigenvalue weighted by atomic mass is 10.2. The molecule has 1 aliphatic rings. The molecule has 1 aromatic rings. The van der Waals surface area contributed by atoms with Gasteiger partial charge in [-0.25, -0.2) is 8.78 Å². The van der Waals surface area contributed by atoms with Crippen LogP contribution in [0.3, 0.4) is 0 Å². The molecule has 0 amide bonds. The summed E-state index contributed by atoms with van der Waals surface area (Å²) in [6.45, 7) is 4.48. The molecule has 110 valence electrons. The van der Waals surface area contributed by atoms with Crippen molar-refractivity contribution in [2.45, 2.75) is 25.8 Å². The van der Waals surface area contributed by atoms with Gasteiger partial charge in [0.15, 0.2) is 11.6 Å². The predicted octanol–water partition coefficient (Wildman–Crippen LogP) is 2.50. The molecule has 6 heteroatoms. The molecule has 0 radical (unpaired) electrons. The molecule has 3 nitrogen and oxygen atoms in total. The van der Waals surface area contributed by atoms with Crippen LogP contribution in [0.5, 0.6) is 0 Å². The Bertz CT molecular complexity index is 503. The third-order valence-electron chi connectivity index (χ3n) is 3.53. The minimum absolute atomic E-state index is 0.0591. The van der Waals surface area contributed by atoms with E-state index in [2.05, 4.69) is 29.4 Å². The van der Waals surface area contributed by atoms with E-state index in [4.69, 9.17) is 5.73 Å². The lowest BCUT2D eigenvalue weighted by Crippen LogP contribution is -2.31. The molecule has 20 heavy (non-hydrogen) atoms. The van der Waals surface area contributed by atoms with E-state index in [-0.39, 0.29) is 16.2 Å². The van der Waals surface area contributed by atoms with Crippen LogP contribution in [0.1, 0.15) is 25.3 Å². The fraction of sp³-hybridized carbons (Fsp3) is 0.500.